The van der Waals surface area contributed by atoms with E-state index in [-0.39, 0.29) is 30.7 Å². The number of hydrogen-bond acceptors (Lipinski definition) is 5. The standard InChI is InChI=1S/C19H22N4O3.2ClH/c20-17(24)13-5-4-6-15(11-13)26-16-8-7-14(12-22-16)23-18(25)19(21)9-2-1-3-10-19;;/h4-8,11-12H,1-3,9-10,21H2,(H2,20,24)(H,23,25);2*1H. The van der Waals surface area contributed by atoms with Crippen LogP contribution >= 0.6 is 24.8 Å². The number of carbonyl (C=O) groups excluding carboxylic acids is 2. The minimum atomic E-state index is -0.803. The Labute approximate surface area is 176 Å². The minimum absolute atomic E-state index is 0. The Hall–Kier alpha value is -2.35. The molecule has 0 unspecified atom stereocenters. The zero-order chi connectivity index (χ0) is 18.6. The van der Waals surface area contributed by atoms with Crippen LogP contribution in [-0.2, 0) is 4.79 Å². The van der Waals surface area contributed by atoms with Crippen molar-refractivity contribution in [3.63, 3.8) is 0 Å². The summed E-state index contributed by atoms with van der Waals surface area (Å²) in [6.45, 7) is 0. The molecule has 1 aromatic carbocycles. The number of carbonyl (C=O) groups is 2. The van der Waals surface area contributed by atoms with Crippen LogP contribution < -0.4 is 21.5 Å². The number of rotatable bonds is 5. The van der Waals surface area contributed by atoms with Crippen LogP contribution in [0.5, 0.6) is 11.6 Å². The molecule has 28 heavy (non-hydrogen) atoms. The van der Waals surface area contributed by atoms with E-state index in [1.807, 2.05) is 0 Å². The average Bonchev–Trinajstić information content (AvgIpc) is 2.64. The molecule has 1 aliphatic rings. The lowest BCUT2D eigenvalue weighted by atomic mass is 9.82. The maximum absolute atomic E-state index is 12.4. The summed E-state index contributed by atoms with van der Waals surface area (Å²) in [5, 5.41) is 2.82. The maximum atomic E-state index is 12.4. The second-order valence-corrected chi connectivity index (χ2v) is 6.55. The van der Waals surface area contributed by atoms with Crippen molar-refractivity contribution in [2.45, 2.75) is 37.6 Å². The van der Waals surface area contributed by atoms with Crippen LogP contribution in [0.15, 0.2) is 42.6 Å². The van der Waals surface area contributed by atoms with E-state index in [1.54, 1.807) is 36.4 Å². The molecule has 0 spiro atoms. The first-order chi connectivity index (χ1) is 12.5. The van der Waals surface area contributed by atoms with Crippen molar-refractivity contribution in [1.82, 2.24) is 4.98 Å². The highest BCUT2D eigenvalue weighted by Crippen LogP contribution is 2.27. The van der Waals surface area contributed by atoms with Gasteiger partial charge in [-0.05, 0) is 37.1 Å². The highest BCUT2D eigenvalue weighted by molar-refractivity contribution is 5.98. The normalized spacial score (nSPS) is 14.8. The predicted octanol–water partition coefficient (Wildman–Crippen LogP) is 3.42. The second-order valence-electron chi connectivity index (χ2n) is 6.55. The summed E-state index contributed by atoms with van der Waals surface area (Å²) in [6, 6.07) is 9.86. The van der Waals surface area contributed by atoms with Crippen molar-refractivity contribution in [2.75, 3.05) is 5.32 Å². The van der Waals surface area contributed by atoms with E-state index in [0.717, 1.165) is 19.3 Å². The number of aromatic nitrogens is 1. The van der Waals surface area contributed by atoms with Gasteiger partial charge in [-0.25, -0.2) is 4.98 Å². The molecule has 1 aromatic heterocycles. The topological polar surface area (TPSA) is 120 Å². The van der Waals surface area contributed by atoms with Gasteiger partial charge >= 0.3 is 0 Å². The number of hydrogen-bond donors (Lipinski definition) is 3. The molecule has 7 nitrogen and oxygen atoms in total. The van der Waals surface area contributed by atoms with E-state index in [4.69, 9.17) is 16.2 Å². The minimum Gasteiger partial charge on any atom is -0.439 e. The van der Waals surface area contributed by atoms with Gasteiger partial charge in [0.2, 0.25) is 17.7 Å². The molecule has 5 N–H and O–H groups in total. The van der Waals surface area contributed by atoms with Crippen molar-refractivity contribution in [3.8, 4) is 11.6 Å². The molecule has 2 aromatic rings. The number of nitrogens with zero attached hydrogens (tertiary/aromatic N) is 1. The molecule has 0 atom stereocenters. The Bertz CT molecular complexity index is 809. The number of nitrogens with one attached hydrogen (secondary N) is 1. The third-order valence-electron chi connectivity index (χ3n) is 4.53. The van der Waals surface area contributed by atoms with Crippen molar-refractivity contribution in [2.24, 2.45) is 11.5 Å². The van der Waals surface area contributed by atoms with E-state index in [2.05, 4.69) is 10.3 Å². The van der Waals surface area contributed by atoms with Crippen molar-refractivity contribution in [3.05, 3.63) is 48.2 Å². The predicted molar refractivity (Wildman–Crippen MR) is 112 cm³/mol. The molecule has 0 radical (unpaired) electrons. The molecular weight excluding hydrogens is 403 g/mol. The average molecular weight is 427 g/mol. The van der Waals surface area contributed by atoms with Gasteiger partial charge in [0.15, 0.2) is 0 Å². The number of amides is 2. The third-order valence-corrected chi connectivity index (χ3v) is 4.53. The lowest BCUT2D eigenvalue weighted by molar-refractivity contribution is -0.122. The summed E-state index contributed by atoms with van der Waals surface area (Å²) in [5.74, 6) is 0.0835. The summed E-state index contributed by atoms with van der Waals surface area (Å²) in [4.78, 5) is 27.8. The molecule has 9 heteroatoms. The van der Waals surface area contributed by atoms with Gasteiger partial charge in [-0.1, -0.05) is 25.3 Å². The molecular formula is C19H24Cl2N4O3. The fourth-order valence-corrected chi connectivity index (χ4v) is 3.01. The summed E-state index contributed by atoms with van der Waals surface area (Å²) < 4.78 is 5.61. The van der Waals surface area contributed by atoms with Crippen molar-refractivity contribution < 1.29 is 14.3 Å². The molecule has 2 amide bonds. The zero-order valence-electron chi connectivity index (χ0n) is 15.2. The first-order valence-electron chi connectivity index (χ1n) is 8.60. The lowest BCUT2D eigenvalue weighted by Gasteiger charge is -2.31. The van der Waals surface area contributed by atoms with Crippen molar-refractivity contribution in [1.29, 1.82) is 0 Å². The van der Waals surface area contributed by atoms with Crippen LogP contribution in [0.2, 0.25) is 0 Å². The molecule has 1 fully saturated rings. The van der Waals surface area contributed by atoms with Gasteiger partial charge < -0.3 is 21.5 Å². The van der Waals surface area contributed by atoms with Gasteiger partial charge in [0.05, 0.1) is 17.4 Å². The van der Waals surface area contributed by atoms with Gasteiger partial charge in [0, 0.05) is 11.6 Å². The first-order valence-corrected chi connectivity index (χ1v) is 8.60. The molecule has 0 saturated heterocycles. The van der Waals surface area contributed by atoms with Crippen LogP contribution in [0, 0.1) is 0 Å². The smallest absolute Gasteiger partial charge is 0.248 e. The Morgan fingerprint density at radius 1 is 1.07 bits per heavy atom. The van der Waals surface area contributed by atoms with Crippen LogP contribution in [0.3, 0.4) is 0 Å². The number of pyridine rings is 1. The quantitative estimate of drug-likeness (QED) is 0.675. The number of anilines is 1. The highest BCUT2D eigenvalue weighted by Gasteiger charge is 2.35. The fraction of sp³-hybridized carbons (Fsp3) is 0.316. The van der Waals surface area contributed by atoms with Crippen LogP contribution in [-0.4, -0.2) is 22.3 Å². The van der Waals surface area contributed by atoms with Gasteiger partial charge in [-0.3, -0.25) is 9.59 Å². The van der Waals surface area contributed by atoms with Crippen LogP contribution in [0.4, 0.5) is 5.69 Å². The summed E-state index contributed by atoms with van der Waals surface area (Å²) in [5.41, 5.74) is 11.6. The van der Waals surface area contributed by atoms with E-state index >= 15 is 0 Å². The van der Waals surface area contributed by atoms with E-state index in [0.29, 0.717) is 35.7 Å². The number of nitrogens with two attached hydrogens (primary N) is 2. The fourth-order valence-electron chi connectivity index (χ4n) is 3.01. The highest BCUT2D eigenvalue weighted by atomic mass is 35.5. The first kappa shape index (κ1) is 23.7. The monoisotopic (exact) mass is 426 g/mol. The number of benzene rings is 1. The molecule has 0 bridgehead atoms. The van der Waals surface area contributed by atoms with E-state index in [1.165, 1.54) is 6.20 Å². The molecule has 1 heterocycles. The second kappa shape index (κ2) is 10.3. The zero-order valence-corrected chi connectivity index (χ0v) is 16.9. The van der Waals surface area contributed by atoms with Gasteiger partial charge in [-0.15, -0.1) is 24.8 Å². The Morgan fingerprint density at radius 3 is 2.39 bits per heavy atom. The molecule has 0 aliphatic heterocycles. The van der Waals surface area contributed by atoms with E-state index < -0.39 is 11.4 Å². The summed E-state index contributed by atoms with van der Waals surface area (Å²) in [7, 11) is 0. The summed E-state index contributed by atoms with van der Waals surface area (Å²) in [6.07, 6.45) is 5.97. The van der Waals surface area contributed by atoms with Crippen molar-refractivity contribution >= 4 is 42.3 Å². The molecule has 1 aliphatic carbocycles. The third kappa shape index (κ3) is 5.82. The molecule has 3 rings (SSSR count). The lowest BCUT2D eigenvalue weighted by Crippen LogP contribution is -2.52. The Kier molecular flexibility index (Phi) is 8.68. The Morgan fingerprint density at radius 2 is 1.79 bits per heavy atom. The van der Waals surface area contributed by atoms with E-state index in [9.17, 15) is 9.59 Å². The number of ether oxygens (including phenoxy) is 1. The van der Waals surface area contributed by atoms with Crippen LogP contribution in [0.1, 0.15) is 42.5 Å². The maximum Gasteiger partial charge on any atom is 0.248 e. The van der Waals surface area contributed by atoms with Gasteiger partial charge in [-0.2, -0.15) is 0 Å². The van der Waals surface area contributed by atoms with Gasteiger partial charge in [0.25, 0.3) is 0 Å². The summed E-state index contributed by atoms with van der Waals surface area (Å²) >= 11 is 0. The van der Waals surface area contributed by atoms with Crippen LogP contribution in [0.25, 0.3) is 0 Å². The number of halogens is 2. The Balaban J connectivity index is 0.00000196. The molecule has 152 valence electrons. The largest absolute Gasteiger partial charge is 0.439 e. The SMILES string of the molecule is Cl.Cl.NC(=O)c1cccc(Oc2ccc(NC(=O)C3(N)CCCCC3)cn2)c1. The molecule has 1 saturated carbocycles. The van der Waals surface area contributed by atoms with Gasteiger partial charge in [0.1, 0.15) is 5.75 Å². The number of primary amides is 1.